The molecule has 23 heavy (non-hydrogen) atoms. The molecule has 0 aliphatic heterocycles. The molecule has 0 atom stereocenters. The van der Waals surface area contributed by atoms with Crippen molar-refractivity contribution >= 4 is 20.3 Å². The molecular weight excluding hydrogens is 326 g/mol. The maximum atomic E-state index is 6.55. The van der Waals surface area contributed by atoms with Crippen LogP contribution >= 0.6 is 11.9 Å². The molecule has 0 aliphatic carbocycles. The zero-order valence-corrected chi connectivity index (χ0v) is 17.2. The molecule has 0 aromatic carbocycles. The summed E-state index contributed by atoms with van der Waals surface area (Å²) in [7, 11) is -1.85. The lowest BCUT2D eigenvalue weighted by Gasteiger charge is -2.42. The number of rotatable bonds is 8. The van der Waals surface area contributed by atoms with Gasteiger partial charge in [0, 0.05) is 6.20 Å². The number of nitrogens with one attached hydrogen (secondary N) is 1. The average molecular weight is 358 g/mol. The standard InChI is InChI=1S/C16H31N3O2SSi/c1-15(2,3)23(6,7)21-16(4,5)14-9-8-13(10-18-14)11-20-12-22-19-17/h8-10,19H,11-12,17H2,1-7H3. The smallest absolute Gasteiger partial charge is 0.193 e. The largest absolute Gasteiger partial charge is 0.406 e. The van der Waals surface area contributed by atoms with E-state index in [1.54, 1.807) is 0 Å². The van der Waals surface area contributed by atoms with Crippen LogP contribution in [0.5, 0.6) is 0 Å². The van der Waals surface area contributed by atoms with Gasteiger partial charge in [0.2, 0.25) is 0 Å². The number of ether oxygens (including phenoxy) is 1. The van der Waals surface area contributed by atoms with E-state index in [0.717, 1.165) is 11.3 Å². The van der Waals surface area contributed by atoms with Crippen LogP contribution in [0.3, 0.4) is 0 Å². The summed E-state index contributed by atoms with van der Waals surface area (Å²) in [5.74, 6) is 5.66. The van der Waals surface area contributed by atoms with Gasteiger partial charge < -0.3 is 9.16 Å². The number of nitrogens with zero attached hydrogens (tertiary/aromatic N) is 1. The first kappa shape index (κ1) is 20.6. The van der Waals surface area contributed by atoms with Crippen LogP contribution in [0, 0.1) is 0 Å². The van der Waals surface area contributed by atoms with Crippen molar-refractivity contribution in [1.82, 2.24) is 9.82 Å². The second kappa shape index (κ2) is 8.09. The fourth-order valence-electron chi connectivity index (χ4n) is 1.94. The Balaban J connectivity index is 2.74. The Morgan fingerprint density at radius 1 is 1.22 bits per heavy atom. The average Bonchev–Trinajstić information content (AvgIpc) is 2.42. The number of hydrogen-bond donors (Lipinski definition) is 2. The Morgan fingerprint density at radius 2 is 1.87 bits per heavy atom. The van der Waals surface area contributed by atoms with Gasteiger partial charge in [0.05, 0.1) is 17.9 Å². The first-order valence-corrected chi connectivity index (χ1v) is 11.7. The molecule has 0 fully saturated rings. The van der Waals surface area contributed by atoms with Crippen molar-refractivity contribution in [2.75, 3.05) is 5.94 Å². The molecule has 0 aliphatic rings. The minimum atomic E-state index is -1.85. The van der Waals surface area contributed by atoms with Crippen LogP contribution in [-0.4, -0.2) is 19.2 Å². The van der Waals surface area contributed by atoms with Gasteiger partial charge in [-0.25, -0.2) is 4.83 Å². The highest BCUT2D eigenvalue weighted by Crippen LogP contribution is 2.41. The van der Waals surface area contributed by atoms with Gasteiger partial charge in [-0.05, 0) is 55.6 Å². The van der Waals surface area contributed by atoms with Crippen LogP contribution in [-0.2, 0) is 21.4 Å². The molecular formula is C16H31N3O2SSi. The van der Waals surface area contributed by atoms with Crippen molar-refractivity contribution in [3.8, 4) is 0 Å². The first-order valence-electron chi connectivity index (χ1n) is 7.80. The molecule has 5 nitrogen and oxygen atoms in total. The number of pyridine rings is 1. The van der Waals surface area contributed by atoms with Crippen LogP contribution in [0.1, 0.15) is 45.9 Å². The van der Waals surface area contributed by atoms with Gasteiger partial charge in [0.1, 0.15) is 5.94 Å². The molecule has 1 rings (SSSR count). The molecule has 0 saturated heterocycles. The van der Waals surface area contributed by atoms with Crippen molar-refractivity contribution < 1.29 is 9.16 Å². The Bertz CT molecular complexity index is 487. The van der Waals surface area contributed by atoms with E-state index in [1.165, 1.54) is 11.9 Å². The van der Waals surface area contributed by atoms with Gasteiger partial charge in [0.25, 0.3) is 0 Å². The van der Waals surface area contributed by atoms with Crippen molar-refractivity contribution in [3.63, 3.8) is 0 Å². The van der Waals surface area contributed by atoms with E-state index in [9.17, 15) is 0 Å². The van der Waals surface area contributed by atoms with Crippen molar-refractivity contribution in [1.29, 1.82) is 0 Å². The minimum absolute atomic E-state index is 0.173. The number of nitrogens with two attached hydrogens (primary N) is 1. The number of hydrazine groups is 1. The fourth-order valence-corrected chi connectivity index (χ4v) is 3.87. The predicted molar refractivity (Wildman–Crippen MR) is 100 cm³/mol. The number of aromatic nitrogens is 1. The minimum Gasteiger partial charge on any atom is -0.406 e. The third-order valence-electron chi connectivity index (χ3n) is 4.25. The van der Waals surface area contributed by atoms with Gasteiger partial charge in [-0.1, -0.05) is 26.8 Å². The molecule has 0 radical (unpaired) electrons. The molecule has 132 valence electrons. The molecule has 0 amide bonds. The van der Waals surface area contributed by atoms with Crippen LogP contribution in [0.4, 0.5) is 0 Å². The molecule has 0 spiro atoms. The van der Waals surface area contributed by atoms with E-state index in [4.69, 9.17) is 15.0 Å². The summed E-state index contributed by atoms with van der Waals surface area (Å²) in [4.78, 5) is 7.07. The van der Waals surface area contributed by atoms with E-state index in [1.807, 2.05) is 18.3 Å². The second-order valence-corrected chi connectivity index (χ2v) is 13.1. The highest BCUT2D eigenvalue weighted by molar-refractivity contribution is 7.97. The molecule has 3 N–H and O–H groups in total. The number of hydrogen-bond acceptors (Lipinski definition) is 6. The molecule has 0 unspecified atom stereocenters. The SMILES string of the molecule is CC(C)(O[Si](C)(C)C(C)(C)C)c1ccc(COCSNN)cn1. The third-order valence-corrected chi connectivity index (χ3v) is 9.34. The highest BCUT2D eigenvalue weighted by Gasteiger charge is 2.42. The zero-order valence-electron chi connectivity index (χ0n) is 15.4. The topological polar surface area (TPSA) is 69.4 Å². The fraction of sp³-hybridized carbons (Fsp3) is 0.688. The van der Waals surface area contributed by atoms with Gasteiger partial charge in [-0.2, -0.15) is 0 Å². The first-order chi connectivity index (χ1) is 10.5. The lowest BCUT2D eigenvalue weighted by atomic mass is 10.0. The van der Waals surface area contributed by atoms with Gasteiger partial charge in [0.15, 0.2) is 8.32 Å². The highest BCUT2D eigenvalue weighted by atomic mass is 32.2. The second-order valence-electron chi connectivity index (χ2n) is 7.65. The van der Waals surface area contributed by atoms with E-state index in [2.05, 4.69) is 57.5 Å². The van der Waals surface area contributed by atoms with Crippen molar-refractivity contribution in [2.45, 2.75) is 65.0 Å². The summed E-state index contributed by atoms with van der Waals surface area (Å²) in [6.07, 6.45) is 1.85. The Morgan fingerprint density at radius 3 is 2.35 bits per heavy atom. The maximum Gasteiger partial charge on any atom is 0.193 e. The van der Waals surface area contributed by atoms with Gasteiger partial charge >= 0.3 is 0 Å². The monoisotopic (exact) mass is 357 g/mol. The lowest BCUT2D eigenvalue weighted by Crippen LogP contribution is -2.46. The molecule has 7 heteroatoms. The van der Waals surface area contributed by atoms with E-state index < -0.39 is 13.9 Å². The predicted octanol–water partition coefficient (Wildman–Crippen LogP) is 3.92. The van der Waals surface area contributed by atoms with Crippen molar-refractivity contribution in [2.24, 2.45) is 5.84 Å². The van der Waals surface area contributed by atoms with E-state index >= 15 is 0 Å². The molecule has 0 bridgehead atoms. The maximum absolute atomic E-state index is 6.55. The molecule has 1 heterocycles. The lowest BCUT2D eigenvalue weighted by molar-refractivity contribution is 0.0854. The van der Waals surface area contributed by atoms with E-state index in [0.29, 0.717) is 12.5 Å². The molecule has 1 aromatic heterocycles. The zero-order chi connectivity index (χ0) is 17.7. The summed E-state index contributed by atoms with van der Waals surface area (Å²) < 4.78 is 12.0. The summed E-state index contributed by atoms with van der Waals surface area (Å²) in [6.45, 7) is 16.0. The van der Waals surface area contributed by atoms with Crippen LogP contribution in [0.15, 0.2) is 18.3 Å². The quantitative estimate of drug-likeness (QED) is 0.183. The Kier molecular flexibility index (Phi) is 7.25. The van der Waals surface area contributed by atoms with Crippen LogP contribution in [0.2, 0.25) is 18.1 Å². The molecule has 1 aromatic rings. The van der Waals surface area contributed by atoms with Crippen LogP contribution in [0.25, 0.3) is 0 Å². The summed E-state index contributed by atoms with van der Waals surface area (Å²) >= 11 is 1.31. The Labute approximate surface area is 146 Å². The summed E-state index contributed by atoms with van der Waals surface area (Å²) in [5.41, 5.74) is 1.58. The van der Waals surface area contributed by atoms with Gasteiger partial charge in [-0.15, -0.1) is 0 Å². The molecule has 0 saturated carbocycles. The summed E-state index contributed by atoms with van der Waals surface area (Å²) in [5, 5.41) is 0.173. The van der Waals surface area contributed by atoms with Gasteiger partial charge in [-0.3, -0.25) is 10.8 Å². The van der Waals surface area contributed by atoms with E-state index in [-0.39, 0.29) is 5.04 Å². The van der Waals surface area contributed by atoms with Crippen LogP contribution < -0.4 is 10.7 Å². The Hall–Kier alpha value is -0.443. The summed E-state index contributed by atoms with van der Waals surface area (Å²) in [6, 6.07) is 4.07. The normalized spacial score (nSPS) is 13.4. The van der Waals surface area contributed by atoms with Crippen molar-refractivity contribution in [3.05, 3.63) is 29.6 Å². The third kappa shape index (κ3) is 6.17.